The molecule has 4 unspecified atom stereocenters. The maximum absolute atomic E-state index is 13.6. The number of nitrogens with zero attached hydrogens (tertiary/aromatic N) is 2. The van der Waals surface area contributed by atoms with E-state index in [-0.39, 0.29) is 22.9 Å². The van der Waals surface area contributed by atoms with Gasteiger partial charge in [0.2, 0.25) is 0 Å². The molecule has 4 atom stereocenters. The highest BCUT2D eigenvalue weighted by molar-refractivity contribution is 7.23. The van der Waals surface area contributed by atoms with E-state index in [0.717, 1.165) is 20.5 Å². The lowest BCUT2D eigenvalue weighted by Crippen LogP contribution is -2.05. The van der Waals surface area contributed by atoms with Crippen molar-refractivity contribution in [1.29, 1.82) is 0 Å². The van der Waals surface area contributed by atoms with Crippen molar-refractivity contribution in [2.75, 3.05) is 0 Å². The normalized spacial score (nSPS) is 22.3. The maximum atomic E-state index is 13.6. The van der Waals surface area contributed by atoms with E-state index in [1.165, 1.54) is 29.5 Å². The van der Waals surface area contributed by atoms with Gasteiger partial charge in [-0.15, -0.1) is 11.3 Å². The molecule has 3 aliphatic heterocycles. The number of benzene rings is 1. The van der Waals surface area contributed by atoms with Crippen molar-refractivity contribution in [3.63, 3.8) is 0 Å². The third-order valence-corrected chi connectivity index (χ3v) is 7.26. The van der Waals surface area contributed by atoms with Gasteiger partial charge in [0.05, 0.1) is 22.8 Å². The monoisotopic (exact) mass is 489 g/mol. The Labute approximate surface area is 202 Å². The van der Waals surface area contributed by atoms with E-state index in [0.29, 0.717) is 17.1 Å². The van der Waals surface area contributed by atoms with Gasteiger partial charge >= 0.3 is 0 Å². The molecule has 7 nitrogen and oxygen atoms in total. The lowest BCUT2D eigenvalue weighted by molar-refractivity contribution is 0.0218. The molecule has 0 amide bonds. The van der Waals surface area contributed by atoms with Crippen molar-refractivity contribution in [1.82, 2.24) is 15.0 Å². The number of aromatic nitrogens is 3. The zero-order valence-electron chi connectivity index (χ0n) is 18.1. The van der Waals surface area contributed by atoms with Crippen molar-refractivity contribution in [2.24, 2.45) is 0 Å². The molecule has 5 N–H and O–H groups in total. The summed E-state index contributed by atoms with van der Waals surface area (Å²) in [7, 11) is 0. The van der Waals surface area contributed by atoms with E-state index in [1.807, 2.05) is 18.2 Å². The molecule has 0 spiro atoms. The van der Waals surface area contributed by atoms with E-state index in [1.54, 1.807) is 30.3 Å². The number of hydrogen-bond acceptors (Lipinski definition) is 7. The number of halogens is 1. The van der Waals surface area contributed by atoms with Crippen LogP contribution >= 0.6 is 11.3 Å². The van der Waals surface area contributed by atoms with Gasteiger partial charge in [-0.25, -0.2) is 9.37 Å². The minimum Gasteiger partial charge on any atom is -0.384 e. The molecular formula is C26H20FN3O4S. The van der Waals surface area contributed by atoms with Crippen molar-refractivity contribution in [2.45, 2.75) is 24.4 Å². The summed E-state index contributed by atoms with van der Waals surface area (Å²) in [6, 6.07) is 14.8. The number of H-pyrrole nitrogens is 1. The first-order valence-corrected chi connectivity index (χ1v) is 11.8. The fourth-order valence-electron chi connectivity index (χ4n) is 4.40. The van der Waals surface area contributed by atoms with Crippen LogP contribution in [0.4, 0.5) is 4.39 Å². The molecule has 0 fully saturated rings. The summed E-state index contributed by atoms with van der Waals surface area (Å²) in [4.78, 5) is 12.1. The van der Waals surface area contributed by atoms with Crippen LogP contribution in [0.1, 0.15) is 58.6 Å². The summed E-state index contributed by atoms with van der Waals surface area (Å²) in [5.41, 5.74) is 3.86. The predicted octanol–water partition coefficient (Wildman–Crippen LogP) is 4.28. The quantitative estimate of drug-likeness (QED) is 0.272. The largest absolute Gasteiger partial charge is 0.384 e. The van der Waals surface area contributed by atoms with Gasteiger partial charge in [-0.05, 0) is 60.2 Å². The van der Waals surface area contributed by atoms with E-state index in [2.05, 4.69) is 9.97 Å². The van der Waals surface area contributed by atoms with Gasteiger partial charge in [-0.3, -0.25) is 4.98 Å². The summed E-state index contributed by atoms with van der Waals surface area (Å²) in [6.07, 6.45) is -1.34. The van der Waals surface area contributed by atoms with Gasteiger partial charge < -0.3 is 25.4 Å². The molecule has 176 valence electrons. The Hall–Kier alpha value is -3.47. The van der Waals surface area contributed by atoms with Crippen LogP contribution in [0, 0.1) is 5.82 Å². The van der Waals surface area contributed by atoms with Crippen LogP contribution in [0.5, 0.6) is 0 Å². The molecule has 9 heteroatoms. The van der Waals surface area contributed by atoms with Gasteiger partial charge in [-0.2, -0.15) is 0 Å². The van der Waals surface area contributed by atoms with Crippen molar-refractivity contribution in [3.05, 3.63) is 94.6 Å². The number of aliphatic hydroxyl groups excluding tert-OH is 4. The number of fused-ring (bicyclic) bond motifs is 8. The number of nitrogens with one attached hydrogen (secondary N) is 1. The van der Waals surface area contributed by atoms with Gasteiger partial charge in [0.15, 0.2) is 0 Å². The lowest BCUT2D eigenvalue weighted by Gasteiger charge is -2.09. The number of aromatic amines is 1. The Morgan fingerprint density at radius 2 is 1.43 bits per heavy atom. The van der Waals surface area contributed by atoms with E-state index < -0.39 is 24.4 Å². The van der Waals surface area contributed by atoms with Crippen LogP contribution in [0.15, 0.2) is 54.6 Å². The van der Waals surface area contributed by atoms with Gasteiger partial charge in [0, 0.05) is 26.4 Å². The number of thiophene rings is 1. The van der Waals surface area contributed by atoms with E-state index in [4.69, 9.17) is 4.98 Å². The second-order valence-corrected chi connectivity index (χ2v) is 9.66. The topological polar surface area (TPSA) is 122 Å². The SMILES string of the molecule is OC1c2cc3[nH]c(cc4nc(c(-c5ccc(F)cc5)c5ccc(cc(n2)C1O)s5)C=C4)C(O)C3O. The first-order chi connectivity index (χ1) is 16.9. The fraction of sp³-hybridized carbons (Fsp3) is 0.154. The molecular weight excluding hydrogens is 469 g/mol. The molecule has 0 radical (unpaired) electrons. The average Bonchev–Trinajstić information content (AvgIpc) is 3.60. The number of rotatable bonds is 1. The molecule has 3 aromatic rings. The Morgan fingerprint density at radius 3 is 2.17 bits per heavy atom. The van der Waals surface area contributed by atoms with E-state index in [9.17, 15) is 24.8 Å². The number of hydrogen-bond donors (Lipinski definition) is 5. The van der Waals surface area contributed by atoms with Gasteiger partial charge in [0.25, 0.3) is 0 Å². The van der Waals surface area contributed by atoms with Gasteiger partial charge in [0.1, 0.15) is 30.2 Å². The second-order valence-electron chi connectivity index (χ2n) is 8.55. The summed E-state index contributed by atoms with van der Waals surface area (Å²) >= 11 is 1.45. The molecule has 0 saturated carbocycles. The fourth-order valence-corrected chi connectivity index (χ4v) is 5.43. The lowest BCUT2D eigenvalue weighted by atomic mass is 10.0. The summed E-state index contributed by atoms with van der Waals surface area (Å²) in [5.74, 6) is -0.341. The highest BCUT2D eigenvalue weighted by Crippen LogP contribution is 2.38. The molecule has 3 aliphatic rings. The van der Waals surface area contributed by atoms with Crippen LogP contribution in [-0.2, 0) is 0 Å². The van der Waals surface area contributed by atoms with Crippen molar-refractivity contribution >= 4 is 32.9 Å². The smallest absolute Gasteiger partial charge is 0.127 e. The second kappa shape index (κ2) is 8.33. The zero-order valence-corrected chi connectivity index (χ0v) is 18.9. The van der Waals surface area contributed by atoms with Crippen LogP contribution in [-0.4, -0.2) is 35.4 Å². The highest BCUT2D eigenvalue weighted by Gasteiger charge is 2.32. The summed E-state index contributed by atoms with van der Waals surface area (Å²) in [6.45, 7) is 0. The predicted molar refractivity (Wildman–Crippen MR) is 130 cm³/mol. The van der Waals surface area contributed by atoms with Gasteiger partial charge in [-0.1, -0.05) is 12.1 Å². The standard InChI is InChI=1S/C26H20FN3O4S/c27-13-3-1-12(2-4-13)22-16-7-5-14(28-16)9-17-23(31)25(33)19(29-17)11-20-26(34)24(32)18(30-20)10-15-6-8-21(22)35-15/h1-11,23-26,29,31-34H. The minimum atomic E-state index is -1.27. The maximum Gasteiger partial charge on any atom is 0.127 e. The Kier molecular flexibility index (Phi) is 5.24. The molecule has 2 aromatic heterocycles. The summed E-state index contributed by atoms with van der Waals surface area (Å²) < 4.78 is 15.3. The first kappa shape index (κ1) is 22.0. The van der Waals surface area contributed by atoms with Crippen LogP contribution in [0.3, 0.4) is 0 Å². The highest BCUT2D eigenvalue weighted by atomic mass is 32.1. The van der Waals surface area contributed by atoms with E-state index >= 15 is 0 Å². The summed E-state index contributed by atoms with van der Waals surface area (Å²) in [5, 5.41) is 42.2. The Morgan fingerprint density at radius 1 is 0.743 bits per heavy atom. The van der Waals surface area contributed by atoms with Crippen LogP contribution < -0.4 is 0 Å². The van der Waals surface area contributed by atoms with Crippen LogP contribution in [0.2, 0.25) is 0 Å². The molecule has 35 heavy (non-hydrogen) atoms. The molecule has 5 heterocycles. The Balaban J connectivity index is 1.70. The third-order valence-electron chi connectivity index (χ3n) is 6.21. The zero-order chi connectivity index (χ0) is 24.3. The van der Waals surface area contributed by atoms with Crippen LogP contribution in [0.25, 0.3) is 32.7 Å². The number of aliphatic hydroxyl groups is 4. The molecule has 0 aliphatic carbocycles. The van der Waals surface area contributed by atoms with Crippen molar-refractivity contribution < 1.29 is 24.8 Å². The molecule has 0 saturated heterocycles. The molecule has 1 aromatic carbocycles. The molecule has 6 rings (SSSR count). The minimum absolute atomic E-state index is 0.176. The molecule has 8 bridgehead atoms. The van der Waals surface area contributed by atoms with Crippen molar-refractivity contribution in [3.8, 4) is 11.1 Å². The third kappa shape index (κ3) is 3.83. The average molecular weight is 490 g/mol. The first-order valence-electron chi connectivity index (χ1n) is 11.0. The Bertz CT molecular complexity index is 1540.